The van der Waals surface area contributed by atoms with Gasteiger partial charge in [0, 0.05) is 23.7 Å². The summed E-state index contributed by atoms with van der Waals surface area (Å²) < 4.78 is 24.0. The lowest BCUT2D eigenvalue weighted by atomic mass is 10.0. The van der Waals surface area contributed by atoms with Gasteiger partial charge in [-0.25, -0.2) is 8.42 Å². The number of carbonyl (C=O) groups is 1. The minimum atomic E-state index is -3.09. The van der Waals surface area contributed by atoms with Crippen LogP contribution < -0.4 is 0 Å². The molecule has 29 heavy (non-hydrogen) atoms. The highest BCUT2D eigenvalue weighted by atomic mass is 35.5. The van der Waals surface area contributed by atoms with Crippen molar-refractivity contribution in [1.29, 1.82) is 0 Å². The van der Waals surface area contributed by atoms with Crippen LogP contribution in [0.15, 0.2) is 54.6 Å². The molecule has 2 aromatic carbocycles. The van der Waals surface area contributed by atoms with Crippen LogP contribution >= 0.6 is 11.6 Å². The van der Waals surface area contributed by atoms with Crippen molar-refractivity contribution >= 4 is 33.4 Å². The van der Waals surface area contributed by atoms with Crippen LogP contribution in [-0.4, -0.2) is 36.8 Å². The second-order valence-electron chi connectivity index (χ2n) is 7.80. The molecule has 1 saturated heterocycles. The summed E-state index contributed by atoms with van der Waals surface area (Å²) in [6, 6.07) is 15.1. The number of amides is 1. The van der Waals surface area contributed by atoms with Gasteiger partial charge in [-0.05, 0) is 47.2 Å². The minimum absolute atomic E-state index is 0.0254. The van der Waals surface area contributed by atoms with E-state index in [0.717, 1.165) is 11.1 Å². The predicted molar refractivity (Wildman–Crippen MR) is 119 cm³/mol. The van der Waals surface area contributed by atoms with E-state index in [1.807, 2.05) is 24.3 Å². The van der Waals surface area contributed by atoms with E-state index >= 15 is 0 Å². The molecule has 1 amide bonds. The number of benzene rings is 2. The van der Waals surface area contributed by atoms with Gasteiger partial charge in [-0.3, -0.25) is 4.79 Å². The van der Waals surface area contributed by atoms with Crippen molar-refractivity contribution in [2.45, 2.75) is 38.8 Å². The molecular formula is C23H26ClNO3S. The number of halogens is 1. The van der Waals surface area contributed by atoms with E-state index in [1.165, 1.54) is 11.6 Å². The maximum Gasteiger partial charge on any atom is 0.247 e. The molecule has 0 bridgehead atoms. The molecule has 0 N–H and O–H groups in total. The van der Waals surface area contributed by atoms with E-state index in [-0.39, 0.29) is 23.5 Å². The molecule has 1 aliphatic rings. The van der Waals surface area contributed by atoms with Crippen LogP contribution in [0.25, 0.3) is 6.08 Å². The van der Waals surface area contributed by atoms with E-state index in [2.05, 4.69) is 26.0 Å². The molecule has 2 aromatic rings. The lowest BCUT2D eigenvalue weighted by molar-refractivity contribution is -0.128. The van der Waals surface area contributed by atoms with Crippen LogP contribution in [0.1, 0.15) is 42.9 Å². The molecule has 1 atom stereocenters. The third kappa shape index (κ3) is 5.94. The van der Waals surface area contributed by atoms with Crippen LogP contribution in [0.5, 0.6) is 0 Å². The Labute approximate surface area is 178 Å². The lowest BCUT2D eigenvalue weighted by Gasteiger charge is -2.27. The van der Waals surface area contributed by atoms with Gasteiger partial charge in [-0.1, -0.05) is 61.8 Å². The van der Waals surface area contributed by atoms with E-state index in [1.54, 1.807) is 23.1 Å². The van der Waals surface area contributed by atoms with Gasteiger partial charge in [0.1, 0.15) is 0 Å². The Hall–Kier alpha value is -2.11. The zero-order chi connectivity index (χ0) is 21.0. The highest BCUT2D eigenvalue weighted by molar-refractivity contribution is 7.91. The zero-order valence-electron chi connectivity index (χ0n) is 16.7. The molecule has 0 spiro atoms. The Morgan fingerprint density at radius 1 is 1.14 bits per heavy atom. The smallest absolute Gasteiger partial charge is 0.247 e. The molecule has 3 rings (SSSR count). The Kier molecular flexibility index (Phi) is 6.81. The van der Waals surface area contributed by atoms with Gasteiger partial charge in [0.05, 0.1) is 11.5 Å². The van der Waals surface area contributed by atoms with E-state index in [4.69, 9.17) is 11.6 Å². The van der Waals surface area contributed by atoms with E-state index < -0.39 is 9.84 Å². The first-order valence-corrected chi connectivity index (χ1v) is 12.0. The molecule has 0 unspecified atom stereocenters. The molecule has 0 aromatic heterocycles. The molecule has 154 valence electrons. The van der Waals surface area contributed by atoms with Crippen LogP contribution in [0.3, 0.4) is 0 Å². The van der Waals surface area contributed by atoms with Crippen LogP contribution in [0, 0.1) is 0 Å². The zero-order valence-corrected chi connectivity index (χ0v) is 18.3. The first-order chi connectivity index (χ1) is 13.7. The lowest BCUT2D eigenvalue weighted by Crippen LogP contribution is -2.39. The first-order valence-electron chi connectivity index (χ1n) is 9.77. The fourth-order valence-electron chi connectivity index (χ4n) is 3.45. The van der Waals surface area contributed by atoms with Crippen LogP contribution in [0.2, 0.25) is 5.02 Å². The number of sulfone groups is 1. The fourth-order valence-corrected chi connectivity index (χ4v) is 5.31. The summed E-state index contributed by atoms with van der Waals surface area (Å²) in [5.74, 6) is 0.408. The van der Waals surface area contributed by atoms with Gasteiger partial charge < -0.3 is 4.90 Å². The molecular weight excluding hydrogens is 406 g/mol. The number of carbonyl (C=O) groups excluding carboxylic acids is 1. The van der Waals surface area contributed by atoms with Crippen molar-refractivity contribution in [3.8, 4) is 0 Å². The number of rotatable bonds is 6. The standard InChI is InChI=1S/C23H26ClNO3S/c1-17(2)20-8-3-19(4-9-20)15-25(22-13-14-29(27,28)16-22)23(26)12-7-18-5-10-21(24)11-6-18/h3-12,17,22H,13-16H2,1-2H3/b12-7+/t22-/m1/s1. The average molecular weight is 432 g/mol. The Morgan fingerprint density at radius 3 is 2.34 bits per heavy atom. The largest absolute Gasteiger partial charge is 0.331 e. The van der Waals surface area contributed by atoms with Gasteiger partial charge in [-0.2, -0.15) is 0 Å². The second kappa shape index (κ2) is 9.14. The summed E-state index contributed by atoms with van der Waals surface area (Å²) in [6.07, 6.45) is 3.72. The van der Waals surface area contributed by atoms with Crippen molar-refractivity contribution in [3.63, 3.8) is 0 Å². The van der Waals surface area contributed by atoms with Gasteiger partial charge in [-0.15, -0.1) is 0 Å². The van der Waals surface area contributed by atoms with E-state index in [9.17, 15) is 13.2 Å². The molecule has 0 aliphatic carbocycles. The molecule has 1 fully saturated rings. The van der Waals surface area contributed by atoms with Gasteiger partial charge in [0.25, 0.3) is 0 Å². The quantitative estimate of drug-likeness (QED) is 0.623. The second-order valence-corrected chi connectivity index (χ2v) is 10.5. The van der Waals surface area contributed by atoms with Gasteiger partial charge in [0.2, 0.25) is 5.91 Å². The normalized spacial score (nSPS) is 18.4. The Balaban J connectivity index is 1.80. The van der Waals surface area contributed by atoms with Crippen molar-refractivity contribution in [3.05, 3.63) is 76.3 Å². The Bertz CT molecular complexity index is 980. The third-order valence-corrected chi connectivity index (χ3v) is 7.22. The maximum atomic E-state index is 13.0. The van der Waals surface area contributed by atoms with Gasteiger partial charge in [0.15, 0.2) is 9.84 Å². The number of nitrogens with zero attached hydrogens (tertiary/aromatic N) is 1. The van der Waals surface area contributed by atoms with Crippen LogP contribution in [0.4, 0.5) is 0 Å². The third-order valence-electron chi connectivity index (χ3n) is 5.22. The summed E-state index contributed by atoms with van der Waals surface area (Å²) in [6.45, 7) is 4.66. The van der Waals surface area contributed by atoms with E-state index in [0.29, 0.717) is 23.9 Å². The predicted octanol–water partition coefficient (Wildman–Crippen LogP) is 4.69. The monoisotopic (exact) mass is 431 g/mol. The topological polar surface area (TPSA) is 54.5 Å². The molecule has 1 heterocycles. The van der Waals surface area contributed by atoms with Crippen molar-refractivity contribution < 1.29 is 13.2 Å². The Morgan fingerprint density at radius 2 is 1.79 bits per heavy atom. The summed E-state index contributed by atoms with van der Waals surface area (Å²) in [5, 5.41) is 0.635. The summed E-state index contributed by atoms with van der Waals surface area (Å²) in [4.78, 5) is 14.7. The van der Waals surface area contributed by atoms with Crippen LogP contribution in [-0.2, 0) is 21.2 Å². The average Bonchev–Trinajstić information content (AvgIpc) is 3.05. The summed E-state index contributed by atoms with van der Waals surface area (Å²) in [7, 11) is -3.09. The molecule has 0 radical (unpaired) electrons. The number of hydrogen-bond donors (Lipinski definition) is 0. The van der Waals surface area contributed by atoms with Crippen molar-refractivity contribution in [1.82, 2.24) is 4.90 Å². The molecule has 6 heteroatoms. The maximum absolute atomic E-state index is 13.0. The van der Waals surface area contributed by atoms with Crippen molar-refractivity contribution in [2.24, 2.45) is 0 Å². The SMILES string of the molecule is CC(C)c1ccc(CN(C(=O)/C=C/c2ccc(Cl)cc2)[C@@H]2CCS(=O)(=O)C2)cc1. The molecule has 1 aliphatic heterocycles. The fraction of sp³-hybridized carbons (Fsp3) is 0.348. The highest BCUT2D eigenvalue weighted by Gasteiger charge is 2.34. The summed E-state index contributed by atoms with van der Waals surface area (Å²) in [5.41, 5.74) is 3.09. The highest BCUT2D eigenvalue weighted by Crippen LogP contribution is 2.22. The van der Waals surface area contributed by atoms with Crippen molar-refractivity contribution in [2.75, 3.05) is 11.5 Å². The van der Waals surface area contributed by atoms with Gasteiger partial charge >= 0.3 is 0 Å². The molecule has 0 saturated carbocycles. The number of hydrogen-bond acceptors (Lipinski definition) is 3. The first kappa shape index (κ1) is 21.6. The molecule has 4 nitrogen and oxygen atoms in total. The minimum Gasteiger partial charge on any atom is -0.331 e. The summed E-state index contributed by atoms with van der Waals surface area (Å²) >= 11 is 5.90.